The number of hydrogen-bond donors (Lipinski definition) is 0. The second kappa shape index (κ2) is 7.24. The molecule has 1 atom stereocenters. The molecule has 1 unspecified atom stereocenters. The lowest BCUT2D eigenvalue weighted by Gasteiger charge is -2.35. The van der Waals surface area contributed by atoms with Crippen LogP contribution in [0.25, 0.3) is 0 Å². The van der Waals surface area contributed by atoms with Crippen molar-refractivity contribution in [2.24, 2.45) is 5.92 Å². The molecule has 1 aromatic heterocycles. The second-order valence-electron chi connectivity index (χ2n) is 5.21. The number of nitrogens with zero attached hydrogens (tertiary/aromatic N) is 4. The van der Waals surface area contributed by atoms with E-state index >= 15 is 0 Å². The third-order valence-electron chi connectivity index (χ3n) is 4.01. The van der Waals surface area contributed by atoms with E-state index in [2.05, 4.69) is 14.9 Å². The minimum absolute atomic E-state index is 0.0552. The average molecular weight is 292 g/mol. The molecule has 6 heteroatoms. The Labute approximate surface area is 126 Å². The molecule has 0 bridgehead atoms. The molecule has 1 saturated heterocycles. The Morgan fingerprint density at radius 2 is 2.19 bits per heavy atom. The highest BCUT2D eigenvalue weighted by atomic mass is 16.5. The molecule has 116 valence electrons. The fourth-order valence-corrected chi connectivity index (χ4v) is 2.79. The number of carbonyl (C=O) groups excluding carboxylic acids is 1. The molecule has 6 nitrogen and oxygen atoms in total. The SMILES string of the molecule is CCN(CC)C(=O)C1CCCN(c2cc(OC)ncn2)C1. The van der Waals surface area contributed by atoms with Gasteiger partial charge in [0, 0.05) is 32.2 Å². The van der Waals surface area contributed by atoms with Gasteiger partial charge in [-0.1, -0.05) is 0 Å². The predicted molar refractivity (Wildman–Crippen MR) is 81.4 cm³/mol. The Morgan fingerprint density at radius 1 is 1.43 bits per heavy atom. The Balaban J connectivity index is 2.08. The molecule has 1 amide bonds. The first-order valence-corrected chi connectivity index (χ1v) is 7.59. The first-order chi connectivity index (χ1) is 10.2. The lowest BCUT2D eigenvalue weighted by molar-refractivity contribution is -0.135. The summed E-state index contributed by atoms with van der Waals surface area (Å²) in [4.78, 5) is 24.9. The van der Waals surface area contributed by atoms with Crippen molar-refractivity contribution in [2.75, 3.05) is 38.2 Å². The number of ether oxygens (including phenoxy) is 1. The van der Waals surface area contributed by atoms with Gasteiger partial charge >= 0.3 is 0 Å². The summed E-state index contributed by atoms with van der Waals surface area (Å²) in [5, 5.41) is 0. The zero-order valence-electron chi connectivity index (χ0n) is 13.1. The third kappa shape index (κ3) is 3.62. The van der Waals surface area contributed by atoms with Crippen molar-refractivity contribution in [2.45, 2.75) is 26.7 Å². The molecule has 0 saturated carbocycles. The Bertz CT molecular complexity index is 476. The Hall–Kier alpha value is -1.85. The topological polar surface area (TPSA) is 58.6 Å². The normalized spacial score (nSPS) is 18.4. The van der Waals surface area contributed by atoms with E-state index in [1.165, 1.54) is 6.33 Å². The van der Waals surface area contributed by atoms with Crippen LogP contribution >= 0.6 is 0 Å². The molecule has 0 N–H and O–H groups in total. The van der Waals surface area contributed by atoms with Crippen molar-refractivity contribution < 1.29 is 9.53 Å². The van der Waals surface area contributed by atoms with Crippen molar-refractivity contribution in [3.05, 3.63) is 12.4 Å². The van der Waals surface area contributed by atoms with Crippen molar-refractivity contribution in [3.63, 3.8) is 0 Å². The molecule has 2 heterocycles. The lowest BCUT2D eigenvalue weighted by atomic mass is 9.96. The first-order valence-electron chi connectivity index (χ1n) is 7.59. The minimum Gasteiger partial charge on any atom is -0.481 e. The zero-order chi connectivity index (χ0) is 15.2. The monoisotopic (exact) mass is 292 g/mol. The molecule has 1 aromatic rings. The van der Waals surface area contributed by atoms with Gasteiger partial charge in [-0.3, -0.25) is 4.79 Å². The minimum atomic E-state index is 0.0552. The summed E-state index contributed by atoms with van der Waals surface area (Å²) in [6.45, 7) is 7.23. The van der Waals surface area contributed by atoms with Crippen molar-refractivity contribution in [1.29, 1.82) is 0 Å². The van der Waals surface area contributed by atoms with Gasteiger partial charge in [-0.15, -0.1) is 0 Å². The maximum atomic E-state index is 12.5. The third-order valence-corrected chi connectivity index (χ3v) is 4.01. The largest absolute Gasteiger partial charge is 0.481 e. The molecule has 0 aromatic carbocycles. The van der Waals surface area contributed by atoms with Gasteiger partial charge in [0.1, 0.15) is 12.1 Å². The van der Waals surface area contributed by atoms with Gasteiger partial charge in [0.25, 0.3) is 0 Å². The molecule has 1 aliphatic rings. The number of amides is 1. The van der Waals surface area contributed by atoms with E-state index in [-0.39, 0.29) is 11.8 Å². The van der Waals surface area contributed by atoms with Crippen LogP contribution in [0.15, 0.2) is 12.4 Å². The highest BCUT2D eigenvalue weighted by molar-refractivity contribution is 5.79. The van der Waals surface area contributed by atoms with Crippen molar-refractivity contribution in [1.82, 2.24) is 14.9 Å². The summed E-state index contributed by atoms with van der Waals surface area (Å²) >= 11 is 0. The quantitative estimate of drug-likeness (QED) is 0.824. The van der Waals surface area contributed by atoms with Crippen molar-refractivity contribution in [3.8, 4) is 5.88 Å². The Morgan fingerprint density at radius 3 is 2.86 bits per heavy atom. The van der Waals surface area contributed by atoms with Gasteiger partial charge < -0.3 is 14.5 Å². The number of aromatic nitrogens is 2. The highest BCUT2D eigenvalue weighted by Gasteiger charge is 2.29. The summed E-state index contributed by atoms with van der Waals surface area (Å²) in [5.74, 6) is 1.70. The van der Waals surface area contributed by atoms with E-state index in [1.54, 1.807) is 7.11 Å². The van der Waals surface area contributed by atoms with Crippen LogP contribution < -0.4 is 9.64 Å². The van der Waals surface area contributed by atoms with Crippen LogP contribution in [-0.2, 0) is 4.79 Å². The van der Waals surface area contributed by atoms with E-state index in [1.807, 2.05) is 24.8 Å². The molecule has 0 spiro atoms. The summed E-state index contributed by atoms with van der Waals surface area (Å²) in [6, 6.07) is 1.82. The summed E-state index contributed by atoms with van der Waals surface area (Å²) in [6.07, 6.45) is 3.46. The fraction of sp³-hybridized carbons (Fsp3) is 0.667. The fourth-order valence-electron chi connectivity index (χ4n) is 2.79. The van der Waals surface area contributed by atoms with Crippen LogP contribution in [-0.4, -0.2) is 54.1 Å². The summed E-state index contributed by atoms with van der Waals surface area (Å²) < 4.78 is 5.14. The van der Waals surface area contributed by atoms with Gasteiger partial charge in [0.2, 0.25) is 11.8 Å². The van der Waals surface area contributed by atoms with Crippen LogP contribution in [0.3, 0.4) is 0 Å². The smallest absolute Gasteiger partial charge is 0.227 e. The van der Waals surface area contributed by atoms with Crippen LogP contribution in [0, 0.1) is 5.92 Å². The maximum absolute atomic E-state index is 12.5. The van der Waals surface area contributed by atoms with E-state index in [4.69, 9.17) is 4.74 Å². The van der Waals surface area contributed by atoms with Crippen LogP contribution in [0.4, 0.5) is 5.82 Å². The van der Waals surface area contributed by atoms with Crippen LogP contribution in [0.1, 0.15) is 26.7 Å². The number of rotatable bonds is 5. The number of carbonyl (C=O) groups is 1. The van der Waals surface area contributed by atoms with Crippen LogP contribution in [0.2, 0.25) is 0 Å². The Kier molecular flexibility index (Phi) is 5.36. The number of anilines is 1. The molecular weight excluding hydrogens is 268 g/mol. The number of hydrogen-bond acceptors (Lipinski definition) is 5. The molecule has 0 aliphatic carbocycles. The second-order valence-corrected chi connectivity index (χ2v) is 5.21. The molecular formula is C15H24N4O2. The van der Waals surface area contributed by atoms with Gasteiger partial charge in [-0.2, -0.15) is 0 Å². The number of methoxy groups -OCH3 is 1. The molecule has 2 rings (SSSR count). The zero-order valence-corrected chi connectivity index (χ0v) is 13.1. The average Bonchev–Trinajstić information content (AvgIpc) is 2.56. The van der Waals surface area contributed by atoms with Gasteiger partial charge in [0.15, 0.2) is 0 Å². The number of piperidine rings is 1. The van der Waals surface area contributed by atoms with Gasteiger partial charge in [-0.05, 0) is 26.7 Å². The van der Waals surface area contributed by atoms with Crippen molar-refractivity contribution >= 4 is 11.7 Å². The maximum Gasteiger partial charge on any atom is 0.227 e. The van der Waals surface area contributed by atoms with Gasteiger partial charge in [0.05, 0.1) is 13.0 Å². The summed E-state index contributed by atoms with van der Waals surface area (Å²) in [5.41, 5.74) is 0. The molecule has 1 fully saturated rings. The predicted octanol–water partition coefficient (Wildman–Crippen LogP) is 1.57. The van der Waals surface area contributed by atoms with Crippen LogP contribution in [0.5, 0.6) is 5.88 Å². The molecule has 1 aliphatic heterocycles. The molecule has 0 radical (unpaired) electrons. The summed E-state index contributed by atoms with van der Waals surface area (Å²) in [7, 11) is 1.59. The van der Waals surface area contributed by atoms with E-state index in [9.17, 15) is 4.79 Å². The van der Waals surface area contributed by atoms with E-state index < -0.39 is 0 Å². The van der Waals surface area contributed by atoms with E-state index in [0.717, 1.165) is 44.8 Å². The standard InChI is InChI=1S/C15H24N4O2/c1-4-18(5-2)15(20)12-7-6-8-19(10-12)13-9-14(21-3)17-11-16-13/h9,11-12H,4-8,10H2,1-3H3. The highest BCUT2D eigenvalue weighted by Crippen LogP contribution is 2.24. The van der Waals surface area contributed by atoms with Gasteiger partial charge in [-0.25, -0.2) is 9.97 Å². The molecule has 21 heavy (non-hydrogen) atoms. The first kappa shape index (κ1) is 15.5. The lowest BCUT2D eigenvalue weighted by Crippen LogP contribution is -2.45. The van der Waals surface area contributed by atoms with E-state index in [0.29, 0.717) is 5.88 Å².